The van der Waals surface area contributed by atoms with Gasteiger partial charge >= 0.3 is 5.97 Å². The predicted molar refractivity (Wildman–Crippen MR) is 89.3 cm³/mol. The highest BCUT2D eigenvalue weighted by molar-refractivity contribution is 5.94. The van der Waals surface area contributed by atoms with E-state index in [0.29, 0.717) is 34.1 Å². The second kappa shape index (κ2) is 5.73. The topological polar surface area (TPSA) is 104 Å². The maximum absolute atomic E-state index is 12.3. The molecule has 0 radical (unpaired) electrons. The van der Waals surface area contributed by atoms with Crippen molar-refractivity contribution in [2.45, 2.75) is 5.92 Å². The van der Waals surface area contributed by atoms with Crippen LogP contribution in [-0.2, 0) is 9.53 Å². The van der Waals surface area contributed by atoms with E-state index in [-0.39, 0.29) is 37.3 Å². The molecule has 0 aromatic heterocycles. The molecule has 5 rings (SSSR count). The summed E-state index contributed by atoms with van der Waals surface area (Å²) in [7, 11) is 0. The molecule has 3 aliphatic rings. The minimum atomic E-state index is -0.788. The van der Waals surface area contributed by atoms with Crippen LogP contribution in [0.3, 0.4) is 0 Å². The summed E-state index contributed by atoms with van der Waals surface area (Å²) in [5.74, 6) is 0.245. The summed E-state index contributed by atoms with van der Waals surface area (Å²) in [6.45, 7) is -0.0574. The van der Waals surface area contributed by atoms with Gasteiger partial charge in [-0.25, -0.2) is 4.79 Å². The number of carbonyl (C=O) groups is 1. The van der Waals surface area contributed by atoms with E-state index < -0.39 is 11.9 Å². The fourth-order valence-corrected chi connectivity index (χ4v) is 3.46. The summed E-state index contributed by atoms with van der Waals surface area (Å²) < 4.78 is 26.4. The number of phenolic OH excluding ortho intramolecular Hbond substituents is 1. The van der Waals surface area contributed by atoms with Gasteiger partial charge in [0.2, 0.25) is 13.6 Å². The lowest BCUT2D eigenvalue weighted by Crippen LogP contribution is -2.12. The molecule has 2 aromatic carbocycles. The molecule has 0 fully saturated rings. The average Bonchev–Trinajstić information content (AvgIpc) is 3.37. The monoisotopic (exact) mass is 370 g/mol. The zero-order valence-electron chi connectivity index (χ0n) is 13.9. The van der Waals surface area contributed by atoms with Crippen LogP contribution in [0.1, 0.15) is 17.0 Å². The lowest BCUT2D eigenvalue weighted by atomic mass is 9.83. The number of aromatic hydroxyl groups is 1. The van der Waals surface area contributed by atoms with Crippen molar-refractivity contribution in [2.24, 2.45) is 0 Å². The number of esters is 1. The van der Waals surface area contributed by atoms with Crippen LogP contribution < -0.4 is 18.9 Å². The third kappa shape index (κ3) is 2.41. The highest BCUT2D eigenvalue weighted by Gasteiger charge is 2.37. The first-order chi connectivity index (χ1) is 13.1. The number of aliphatic hydroxyl groups excluding tert-OH is 1. The van der Waals surface area contributed by atoms with Gasteiger partial charge in [-0.1, -0.05) is 6.07 Å². The minimum Gasteiger partial charge on any atom is -0.508 e. The molecule has 0 aliphatic carbocycles. The number of phenols is 1. The number of ether oxygens (including phenoxy) is 5. The number of cyclic esters (lactones) is 1. The molecule has 0 spiro atoms. The van der Waals surface area contributed by atoms with Gasteiger partial charge < -0.3 is 33.9 Å². The van der Waals surface area contributed by atoms with E-state index in [9.17, 15) is 15.0 Å². The molecule has 8 nitrogen and oxygen atoms in total. The van der Waals surface area contributed by atoms with Crippen LogP contribution in [0.5, 0.6) is 28.7 Å². The Morgan fingerprint density at radius 1 is 0.815 bits per heavy atom. The standard InChI is InChI=1S/C19H14O8/c20-11-5-16-15(26-8-27-16)4-10(11)17(18-12(21)6-23-19(18)22)9-1-2-13-14(3-9)25-7-24-13/h1-5,17,20-21H,6-8H2. The fraction of sp³-hybridized carbons (Fsp3) is 0.211. The fourth-order valence-electron chi connectivity index (χ4n) is 3.46. The van der Waals surface area contributed by atoms with Gasteiger partial charge in [0, 0.05) is 17.5 Å². The first-order valence-corrected chi connectivity index (χ1v) is 8.23. The molecular formula is C19H14O8. The first kappa shape index (κ1) is 15.7. The van der Waals surface area contributed by atoms with Crippen LogP contribution in [0.25, 0.3) is 0 Å². The Morgan fingerprint density at radius 3 is 2.19 bits per heavy atom. The highest BCUT2D eigenvalue weighted by atomic mass is 16.7. The van der Waals surface area contributed by atoms with Crippen LogP contribution in [-0.4, -0.2) is 36.4 Å². The molecule has 3 heterocycles. The Morgan fingerprint density at radius 2 is 1.48 bits per heavy atom. The van der Waals surface area contributed by atoms with E-state index in [1.165, 1.54) is 6.07 Å². The number of benzene rings is 2. The van der Waals surface area contributed by atoms with Crippen molar-refractivity contribution in [1.82, 2.24) is 0 Å². The largest absolute Gasteiger partial charge is 0.508 e. The third-order valence-corrected chi connectivity index (χ3v) is 4.72. The molecule has 0 saturated heterocycles. The van der Waals surface area contributed by atoms with Crippen molar-refractivity contribution in [1.29, 1.82) is 0 Å². The smallest absolute Gasteiger partial charge is 0.338 e. The average molecular weight is 370 g/mol. The SMILES string of the molecule is O=C1OCC(O)=C1C(c1ccc2c(c1)OCO2)c1cc2c(cc1O)OCO2. The van der Waals surface area contributed by atoms with Gasteiger partial charge in [0.25, 0.3) is 0 Å². The van der Waals surface area contributed by atoms with E-state index in [4.69, 9.17) is 23.7 Å². The highest BCUT2D eigenvalue weighted by Crippen LogP contribution is 2.47. The summed E-state index contributed by atoms with van der Waals surface area (Å²) in [5, 5.41) is 20.9. The molecule has 8 heteroatoms. The van der Waals surface area contributed by atoms with E-state index >= 15 is 0 Å². The predicted octanol–water partition coefficient (Wildman–Crippen LogP) is 2.35. The normalized spacial score (nSPS) is 18.0. The first-order valence-electron chi connectivity index (χ1n) is 8.23. The summed E-state index contributed by atoms with van der Waals surface area (Å²) >= 11 is 0. The van der Waals surface area contributed by atoms with Gasteiger partial charge in [-0.2, -0.15) is 0 Å². The van der Waals surface area contributed by atoms with Crippen LogP contribution in [0.15, 0.2) is 41.7 Å². The summed E-state index contributed by atoms with van der Waals surface area (Å²) in [6.07, 6.45) is 0. The van der Waals surface area contributed by atoms with Gasteiger partial charge in [-0.3, -0.25) is 0 Å². The number of carbonyl (C=O) groups excluding carboxylic acids is 1. The van der Waals surface area contributed by atoms with Crippen molar-refractivity contribution in [3.63, 3.8) is 0 Å². The second-order valence-electron chi connectivity index (χ2n) is 6.25. The molecule has 0 saturated carbocycles. The van der Waals surface area contributed by atoms with E-state index in [2.05, 4.69) is 0 Å². The molecule has 2 aromatic rings. The summed E-state index contributed by atoms with van der Waals surface area (Å²) in [5.41, 5.74) is 1.05. The minimum absolute atomic E-state index is 0.0445. The van der Waals surface area contributed by atoms with Crippen LogP contribution in [0, 0.1) is 0 Å². The number of hydrogen-bond acceptors (Lipinski definition) is 8. The molecule has 0 amide bonds. The number of rotatable bonds is 3. The van der Waals surface area contributed by atoms with Crippen molar-refractivity contribution in [2.75, 3.05) is 20.2 Å². The summed E-state index contributed by atoms with van der Waals surface area (Å²) in [6, 6.07) is 8.19. The molecule has 1 atom stereocenters. The number of fused-ring (bicyclic) bond motifs is 2. The van der Waals surface area contributed by atoms with E-state index in [1.807, 2.05) is 0 Å². The Kier molecular flexibility index (Phi) is 3.33. The van der Waals surface area contributed by atoms with Gasteiger partial charge in [-0.15, -0.1) is 0 Å². The molecule has 0 bridgehead atoms. The van der Waals surface area contributed by atoms with Crippen LogP contribution in [0.2, 0.25) is 0 Å². The third-order valence-electron chi connectivity index (χ3n) is 4.72. The lowest BCUT2D eigenvalue weighted by molar-refractivity contribution is -0.136. The molecule has 3 aliphatic heterocycles. The van der Waals surface area contributed by atoms with Crippen molar-refractivity contribution in [3.05, 3.63) is 52.8 Å². The molecule has 27 heavy (non-hydrogen) atoms. The zero-order chi connectivity index (χ0) is 18.5. The van der Waals surface area contributed by atoms with Crippen molar-refractivity contribution in [3.8, 4) is 28.7 Å². The Labute approximate surface area is 153 Å². The second-order valence-corrected chi connectivity index (χ2v) is 6.25. The Bertz CT molecular complexity index is 993. The van der Waals surface area contributed by atoms with Crippen molar-refractivity contribution >= 4 is 5.97 Å². The van der Waals surface area contributed by atoms with Gasteiger partial charge in [0.1, 0.15) is 18.1 Å². The zero-order valence-corrected chi connectivity index (χ0v) is 13.9. The lowest BCUT2D eigenvalue weighted by Gasteiger charge is -2.20. The van der Waals surface area contributed by atoms with Gasteiger partial charge in [0.05, 0.1) is 5.57 Å². The number of aliphatic hydroxyl groups is 1. The summed E-state index contributed by atoms with van der Waals surface area (Å²) in [4.78, 5) is 12.3. The molecule has 1 unspecified atom stereocenters. The van der Waals surface area contributed by atoms with Gasteiger partial charge in [0.15, 0.2) is 23.0 Å². The quantitative estimate of drug-likeness (QED) is 0.794. The molecular weight excluding hydrogens is 356 g/mol. The Hall–Kier alpha value is -3.55. The van der Waals surface area contributed by atoms with E-state index in [0.717, 1.165) is 0 Å². The number of hydrogen-bond donors (Lipinski definition) is 2. The molecule has 138 valence electrons. The van der Waals surface area contributed by atoms with Crippen LogP contribution in [0.4, 0.5) is 0 Å². The van der Waals surface area contributed by atoms with Crippen LogP contribution >= 0.6 is 0 Å². The van der Waals surface area contributed by atoms with Crippen molar-refractivity contribution < 1.29 is 38.7 Å². The maximum Gasteiger partial charge on any atom is 0.338 e. The van der Waals surface area contributed by atoms with Gasteiger partial charge in [-0.05, 0) is 23.8 Å². The maximum atomic E-state index is 12.3. The molecule has 2 N–H and O–H groups in total. The van der Waals surface area contributed by atoms with E-state index in [1.54, 1.807) is 24.3 Å². The Balaban J connectivity index is 1.70.